The van der Waals surface area contributed by atoms with E-state index in [1.54, 1.807) is 38.3 Å². The number of hydrogen-bond acceptors (Lipinski definition) is 6. The molecule has 0 heterocycles. The number of methoxy groups -OCH3 is 3. The highest BCUT2D eigenvalue weighted by Crippen LogP contribution is 2.30. The number of carbonyl (C=O) groups is 1. The lowest BCUT2D eigenvalue weighted by Gasteiger charge is -2.24. The van der Waals surface area contributed by atoms with Crippen LogP contribution in [0.2, 0.25) is 0 Å². The zero-order valence-corrected chi connectivity index (χ0v) is 22.0. The fraction of sp³-hybridized carbons (Fsp3) is 0.296. The van der Waals surface area contributed by atoms with Gasteiger partial charge in [0.1, 0.15) is 5.75 Å². The van der Waals surface area contributed by atoms with Crippen molar-refractivity contribution in [2.75, 3.05) is 27.9 Å². The minimum atomic E-state index is -3.98. The van der Waals surface area contributed by atoms with Gasteiger partial charge in [-0.05, 0) is 60.9 Å². The standard InChI is InChI=1S/C27H32N2O6S/c1-19-15-23(12-14-24(19)33-3)36(31,32)29(17-21-9-7-6-8-10-21)18-27(30)28-20(2)22-11-13-25(34-4)26(16-22)35-5/h6-16,20H,17-18H2,1-5H3,(H,28,30)/t20-/m1/s1. The van der Waals surface area contributed by atoms with Crippen molar-refractivity contribution >= 4 is 15.9 Å². The van der Waals surface area contributed by atoms with E-state index in [9.17, 15) is 13.2 Å². The summed E-state index contributed by atoms with van der Waals surface area (Å²) in [6.45, 7) is 3.30. The summed E-state index contributed by atoms with van der Waals surface area (Å²) in [6.07, 6.45) is 0. The van der Waals surface area contributed by atoms with Gasteiger partial charge in [0.05, 0.1) is 38.8 Å². The van der Waals surface area contributed by atoms with E-state index >= 15 is 0 Å². The Morgan fingerprint density at radius 2 is 1.53 bits per heavy atom. The minimum Gasteiger partial charge on any atom is -0.496 e. The summed E-state index contributed by atoms with van der Waals surface area (Å²) in [6, 6.07) is 18.8. The van der Waals surface area contributed by atoms with Gasteiger partial charge < -0.3 is 19.5 Å². The van der Waals surface area contributed by atoms with Crippen LogP contribution >= 0.6 is 0 Å². The summed E-state index contributed by atoms with van der Waals surface area (Å²) in [5.41, 5.74) is 2.25. The van der Waals surface area contributed by atoms with Gasteiger partial charge in [-0.2, -0.15) is 4.31 Å². The van der Waals surface area contributed by atoms with E-state index in [4.69, 9.17) is 14.2 Å². The molecule has 3 rings (SSSR count). The fourth-order valence-corrected chi connectivity index (χ4v) is 5.30. The van der Waals surface area contributed by atoms with E-state index in [-0.39, 0.29) is 24.0 Å². The van der Waals surface area contributed by atoms with Gasteiger partial charge in [-0.3, -0.25) is 4.79 Å². The van der Waals surface area contributed by atoms with Crippen LogP contribution in [0.3, 0.4) is 0 Å². The first-order valence-corrected chi connectivity index (χ1v) is 12.8. The molecule has 9 heteroatoms. The Labute approximate surface area is 212 Å². The monoisotopic (exact) mass is 512 g/mol. The number of sulfonamides is 1. The first-order valence-electron chi connectivity index (χ1n) is 11.4. The average molecular weight is 513 g/mol. The lowest BCUT2D eigenvalue weighted by molar-refractivity contribution is -0.122. The van der Waals surface area contributed by atoms with Gasteiger partial charge in [-0.1, -0.05) is 36.4 Å². The second-order valence-corrected chi connectivity index (χ2v) is 10.2. The maximum Gasteiger partial charge on any atom is 0.243 e. The summed E-state index contributed by atoms with van der Waals surface area (Å²) in [5.74, 6) is 1.28. The molecule has 0 aliphatic carbocycles. The van der Waals surface area contributed by atoms with Crippen LogP contribution in [0.5, 0.6) is 17.2 Å². The Balaban J connectivity index is 1.85. The second-order valence-electron chi connectivity index (χ2n) is 8.29. The molecule has 0 bridgehead atoms. The highest BCUT2D eigenvalue weighted by atomic mass is 32.2. The van der Waals surface area contributed by atoms with Crippen LogP contribution in [-0.2, 0) is 21.4 Å². The van der Waals surface area contributed by atoms with Crippen molar-refractivity contribution in [3.05, 3.63) is 83.4 Å². The Morgan fingerprint density at radius 1 is 0.889 bits per heavy atom. The summed E-state index contributed by atoms with van der Waals surface area (Å²) < 4.78 is 44.3. The van der Waals surface area contributed by atoms with E-state index in [2.05, 4.69) is 5.32 Å². The number of rotatable bonds is 11. The number of nitrogens with one attached hydrogen (secondary N) is 1. The number of aryl methyl sites for hydroxylation is 1. The van der Waals surface area contributed by atoms with Crippen LogP contribution in [0.4, 0.5) is 0 Å². The van der Waals surface area contributed by atoms with Crippen molar-refractivity contribution in [3.63, 3.8) is 0 Å². The van der Waals surface area contributed by atoms with E-state index in [0.29, 0.717) is 22.8 Å². The number of ether oxygens (including phenoxy) is 3. The molecule has 0 saturated heterocycles. The number of carbonyl (C=O) groups excluding carboxylic acids is 1. The molecule has 36 heavy (non-hydrogen) atoms. The molecule has 192 valence electrons. The maximum atomic E-state index is 13.6. The first kappa shape index (κ1) is 27.0. The smallest absolute Gasteiger partial charge is 0.243 e. The minimum absolute atomic E-state index is 0.0480. The van der Waals surface area contributed by atoms with Crippen LogP contribution in [0.25, 0.3) is 0 Å². The lowest BCUT2D eigenvalue weighted by Crippen LogP contribution is -2.41. The van der Waals surface area contributed by atoms with Gasteiger partial charge >= 0.3 is 0 Å². The summed E-state index contributed by atoms with van der Waals surface area (Å²) in [7, 11) is 0.639. The molecule has 1 atom stereocenters. The van der Waals surface area contributed by atoms with Crippen molar-refractivity contribution < 1.29 is 27.4 Å². The normalized spacial score (nSPS) is 12.2. The molecule has 0 saturated carbocycles. The quantitative estimate of drug-likeness (QED) is 0.416. The summed E-state index contributed by atoms with van der Waals surface area (Å²) in [5, 5.41) is 2.89. The van der Waals surface area contributed by atoms with Crippen LogP contribution in [0.15, 0.2) is 71.6 Å². The molecule has 3 aromatic rings. The molecule has 0 aromatic heterocycles. The highest BCUT2D eigenvalue weighted by Gasteiger charge is 2.28. The largest absolute Gasteiger partial charge is 0.496 e. The highest BCUT2D eigenvalue weighted by molar-refractivity contribution is 7.89. The fourth-order valence-electron chi connectivity index (χ4n) is 3.83. The molecule has 0 aliphatic heterocycles. The van der Waals surface area contributed by atoms with Crippen LogP contribution in [-0.4, -0.2) is 46.5 Å². The van der Waals surface area contributed by atoms with Crippen LogP contribution in [0.1, 0.15) is 29.7 Å². The molecular formula is C27H32N2O6S. The number of amides is 1. The third-order valence-corrected chi connectivity index (χ3v) is 7.60. The number of benzene rings is 3. The molecule has 0 spiro atoms. The Kier molecular flexibility index (Phi) is 8.95. The van der Waals surface area contributed by atoms with Gasteiger partial charge in [0.15, 0.2) is 11.5 Å². The van der Waals surface area contributed by atoms with Crippen molar-refractivity contribution in [3.8, 4) is 17.2 Å². The van der Waals surface area contributed by atoms with Crippen molar-refractivity contribution in [1.29, 1.82) is 0 Å². The van der Waals surface area contributed by atoms with E-state index in [1.165, 1.54) is 24.6 Å². The number of hydrogen-bond donors (Lipinski definition) is 1. The third-order valence-electron chi connectivity index (χ3n) is 5.81. The molecule has 1 N–H and O–H groups in total. The van der Waals surface area contributed by atoms with E-state index in [1.807, 2.05) is 43.3 Å². The molecule has 0 fully saturated rings. The summed E-state index contributed by atoms with van der Waals surface area (Å²) >= 11 is 0. The van der Waals surface area contributed by atoms with Gasteiger partial charge in [0, 0.05) is 6.54 Å². The first-order chi connectivity index (χ1) is 17.2. The predicted molar refractivity (Wildman–Crippen MR) is 138 cm³/mol. The van der Waals surface area contributed by atoms with E-state index in [0.717, 1.165) is 11.1 Å². The second kappa shape index (κ2) is 11.9. The van der Waals surface area contributed by atoms with Gasteiger partial charge in [-0.15, -0.1) is 0 Å². The molecule has 3 aromatic carbocycles. The van der Waals surface area contributed by atoms with Crippen LogP contribution in [0, 0.1) is 6.92 Å². The Hall–Kier alpha value is -3.56. The topological polar surface area (TPSA) is 94.2 Å². The number of nitrogens with zero attached hydrogens (tertiary/aromatic N) is 1. The maximum absolute atomic E-state index is 13.6. The summed E-state index contributed by atoms with van der Waals surface area (Å²) in [4.78, 5) is 13.2. The Bertz CT molecular complexity index is 1290. The predicted octanol–water partition coefficient (Wildman–Crippen LogP) is 4.09. The zero-order valence-electron chi connectivity index (χ0n) is 21.1. The van der Waals surface area contributed by atoms with Crippen molar-refractivity contribution in [1.82, 2.24) is 9.62 Å². The lowest BCUT2D eigenvalue weighted by atomic mass is 10.1. The molecule has 1 amide bonds. The molecule has 0 aliphatic rings. The van der Waals surface area contributed by atoms with Gasteiger partial charge in [0.25, 0.3) is 0 Å². The van der Waals surface area contributed by atoms with Crippen molar-refractivity contribution in [2.24, 2.45) is 0 Å². The molecule has 8 nitrogen and oxygen atoms in total. The van der Waals surface area contributed by atoms with Gasteiger partial charge in [-0.25, -0.2) is 8.42 Å². The molecular weight excluding hydrogens is 480 g/mol. The van der Waals surface area contributed by atoms with Gasteiger partial charge in [0.2, 0.25) is 15.9 Å². The Morgan fingerprint density at radius 3 is 2.14 bits per heavy atom. The zero-order chi connectivity index (χ0) is 26.3. The van der Waals surface area contributed by atoms with E-state index < -0.39 is 15.9 Å². The van der Waals surface area contributed by atoms with Crippen LogP contribution < -0.4 is 19.5 Å². The third kappa shape index (κ3) is 6.35. The SMILES string of the molecule is COc1ccc(S(=O)(=O)N(CC(=O)N[C@H](C)c2ccc(OC)c(OC)c2)Cc2ccccc2)cc1C. The molecule has 0 radical (unpaired) electrons. The van der Waals surface area contributed by atoms with Crippen molar-refractivity contribution in [2.45, 2.75) is 31.3 Å². The molecule has 0 unspecified atom stereocenters. The average Bonchev–Trinajstić information content (AvgIpc) is 2.88.